The average Bonchev–Trinajstić information content (AvgIpc) is 3.55. The van der Waals surface area contributed by atoms with Gasteiger partial charge in [-0.15, -0.1) is 13.2 Å². The van der Waals surface area contributed by atoms with Gasteiger partial charge in [0.2, 0.25) is 5.91 Å². The molecule has 2 bridgehead atoms. The Labute approximate surface area is 231 Å². The number of carbonyl (C=O) groups excluding carboxylic acids is 3. The number of carbonyl (C=O) groups is 3. The number of aryl methyl sites for hydroxylation is 2. The predicted octanol–water partition coefficient (Wildman–Crippen LogP) is 3.87. The summed E-state index contributed by atoms with van der Waals surface area (Å²) in [6.07, 6.45) is 7.67. The minimum Gasteiger partial charge on any atom is -0.465 e. The Kier molecular flexibility index (Phi) is 9.28. The molecule has 0 radical (unpaired) electrons. The molecule has 3 aliphatic rings. The molecule has 1 spiro atoms. The first kappa shape index (κ1) is 29.0. The number of para-hydroxylation sites is 1. The summed E-state index contributed by atoms with van der Waals surface area (Å²) in [4.78, 5) is 45.3. The molecule has 3 aliphatic heterocycles. The van der Waals surface area contributed by atoms with E-state index < -0.39 is 35.6 Å². The van der Waals surface area contributed by atoms with Gasteiger partial charge in [0.1, 0.15) is 11.6 Å². The first-order chi connectivity index (χ1) is 18.8. The van der Waals surface area contributed by atoms with Gasteiger partial charge < -0.3 is 24.4 Å². The maximum atomic E-state index is 14.6. The fourth-order valence-corrected chi connectivity index (χ4v) is 6.83. The summed E-state index contributed by atoms with van der Waals surface area (Å²) < 4.78 is 12.1. The molecule has 4 rings (SSSR count). The van der Waals surface area contributed by atoms with Crippen LogP contribution in [0.5, 0.6) is 0 Å². The zero-order chi connectivity index (χ0) is 28.2. The molecule has 5 atom stereocenters. The zero-order valence-corrected chi connectivity index (χ0v) is 23.3. The minimum atomic E-state index is -1.07. The number of fused-ring (bicyclic) bond motifs is 1. The number of aliphatic hydroxyl groups is 1. The number of rotatable bonds is 14. The van der Waals surface area contributed by atoms with Crippen molar-refractivity contribution >= 4 is 23.5 Å². The van der Waals surface area contributed by atoms with Gasteiger partial charge in [-0.05, 0) is 57.1 Å². The molecule has 8 nitrogen and oxygen atoms in total. The normalized spacial score (nSPS) is 26.9. The van der Waals surface area contributed by atoms with Crippen LogP contribution in [-0.4, -0.2) is 71.8 Å². The van der Waals surface area contributed by atoms with E-state index in [0.29, 0.717) is 38.6 Å². The lowest BCUT2D eigenvalue weighted by molar-refractivity contribution is -0.155. The SMILES string of the molecule is C=CCCOC(=O)[C@@H]1[C@H]2C(=O)N(CCCCCCO)C(C(=O)N(CC=C)c3c(C)cccc3C)C23CC[C@H]1O3. The van der Waals surface area contributed by atoms with Gasteiger partial charge in [0.15, 0.2) is 0 Å². The molecule has 1 aromatic rings. The third-order valence-electron chi connectivity index (χ3n) is 8.47. The Bertz CT molecular complexity index is 1080. The van der Waals surface area contributed by atoms with Crippen LogP contribution < -0.4 is 4.90 Å². The second-order valence-electron chi connectivity index (χ2n) is 10.9. The Morgan fingerprint density at radius 2 is 1.90 bits per heavy atom. The molecule has 2 amide bonds. The summed E-state index contributed by atoms with van der Waals surface area (Å²) in [5.41, 5.74) is 1.66. The van der Waals surface area contributed by atoms with E-state index in [0.717, 1.165) is 29.7 Å². The molecule has 3 fully saturated rings. The molecule has 39 heavy (non-hydrogen) atoms. The van der Waals surface area contributed by atoms with E-state index in [9.17, 15) is 14.4 Å². The number of likely N-dealkylation sites (tertiary alicyclic amines) is 1. The first-order valence-corrected chi connectivity index (χ1v) is 14.2. The highest BCUT2D eigenvalue weighted by Gasteiger charge is 2.75. The van der Waals surface area contributed by atoms with Crippen molar-refractivity contribution in [2.45, 2.75) is 76.5 Å². The van der Waals surface area contributed by atoms with Crippen LogP contribution in [0, 0.1) is 25.7 Å². The van der Waals surface area contributed by atoms with Crippen LogP contribution >= 0.6 is 0 Å². The van der Waals surface area contributed by atoms with E-state index in [2.05, 4.69) is 13.2 Å². The molecule has 3 saturated heterocycles. The summed E-state index contributed by atoms with van der Waals surface area (Å²) in [7, 11) is 0. The summed E-state index contributed by atoms with van der Waals surface area (Å²) in [6.45, 7) is 12.5. The first-order valence-electron chi connectivity index (χ1n) is 14.2. The zero-order valence-electron chi connectivity index (χ0n) is 23.3. The third kappa shape index (κ3) is 5.29. The van der Waals surface area contributed by atoms with Crippen molar-refractivity contribution in [3.8, 4) is 0 Å². The Balaban J connectivity index is 1.71. The second kappa shape index (κ2) is 12.5. The molecule has 1 N–H and O–H groups in total. The Morgan fingerprint density at radius 1 is 1.18 bits per heavy atom. The van der Waals surface area contributed by atoms with Gasteiger partial charge in [0.25, 0.3) is 5.91 Å². The number of hydrogen-bond acceptors (Lipinski definition) is 6. The number of esters is 1. The van der Waals surface area contributed by atoms with Crippen LogP contribution in [-0.2, 0) is 23.9 Å². The van der Waals surface area contributed by atoms with Crippen LogP contribution in [0.3, 0.4) is 0 Å². The highest BCUT2D eigenvalue weighted by atomic mass is 16.6. The molecule has 0 aliphatic carbocycles. The molecule has 2 unspecified atom stereocenters. The lowest BCUT2D eigenvalue weighted by atomic mass is 9.70. The fraction of sp³-hybridized carbons (Fsp3) is 0.581. The number of nitrogens with zero attached hydrogens (tertiary/aromatic N) is 2. The van der Waals surface area contributed by atoms with Gasteiger partial charge in [-0.3, -0.25) is 14.4 Å². The van der Waals surface area contributed by atoms with Crippen LogP contribution in [0.4, 0.5) is 5.69 Å². The minimum absolute atomic E-state index is 0.131. The van der Waals surface area contributed by atoms with Crippen molar-refractivity contribution in [3.63, 3.8) is 0 Å². The number of aliphatic hydroxyl groups excluding tert-OH is 1. The quantitative estimate of drug-likeness (QED) is 0.220. The van der Waals surface area contributed by atoms with E-state index in [4.69, 9.17) is 14.6 Å². The van der Waals surface area contributed by atoms with Gasteiger partial charge in [0, 0.05) is 25.4 Å². The van der Waals surface area contributed by atoms with Crippen LogP contribution in [0.15, 0.2) is 43.5 Å². The maximum absolute atomic E-state index is 14.6. The smallest absolute Gasteiger partial charge is 0.312 e. The van der Waals surface area contributed by atoms with E-state index in [1.807, 2.05) is 32.0 Å². The summed E-state index contributed by atoms with van der Waals surface area (Å²) in [5.74, 6) is -2.32. The van der Waals surface area contributed by atoms with Crippen LogP contribution in [0.1, 0.15) is 56.1 Å². The van der Waals surface area contributed by atoms with Crippen molar-refractivity contribution in [1.82, 2.24) is 4.90 Å². The van der Waals surface area contributed by atoms with Gasteiger partial charge >= 0.3 is 5.97 Å². The van der Waals surface area contributed by atoms with Gasteiger partial charge in [-0.2, -0.15) is 0 Å². The molecule has 3 heterocycles. The van der Waals surface area contributed by atoms with E-state index in [-0.39, 0.29) is 31.6 Å². The van der Waals surface area contributed by atoms with Gasteiger partial charge in [-0.1, -0.05) is 43.2 Å². The molecular weight excluding hydrogens is 496 g/mol. The summed E-state index contributed by atoms with van der Waals surface area (Å²) in [5, 5.41) is 9.15. The number of ether oxygens (including phenoxy) is 2. The highest BCUT2D eigenvalue weighted by molar-refractivity contribution is 6.05. The monoisotopic (exact) mass is 538 g/mol. The highest BCUT2D eigenvalue weighted by Crippen LogP contribution is 2.59. The lowest BCUT2D eigenvalue weighted by Gasteiger charge is -2.37. The molecule has 212 valence electrons. The van der Waals surface area contributed by atoms with Crippen molar-refractivity contribution in [2.24, 2.45) is 11.8 Å². The van der Waals surface area contributed by atoms with Crippen LogP contribution in [0.2, 0.25) is 0 Å². The second-order valence-corrected chi connectivity index (χ2v) is 10.9. The van der Waals surface area contributed by atoms with E-state index in [1.54, 1.807) is 22.0 Å². The summed E-state index contributed by atoms with van der Waals surface area (Å²) >= 11 is 0. The van der Waals surface area contributed by atoms with E-state index >= 15 is 0 Å². The largest absolute Gasteiger partial charge is 0.465 e. The lowest BCUT2D eigenvalue weighted by Crippen LogP contribution is -2.56. The third-order valence-corrected chi connectivity index (χ3v) is 8.47. The Morgan fingerprint density at radius 3 is 2.56 bits per heavy atom. The number of amides is 2. The number of benzene rings is 1. The molecular formula is C31H42N2O6. The number of hydrogen-bond donors (Lipinski definition) is 1. The topological polar surface area (TPSA) is 96.4 Å². The molecule has 0 saturated carbocycles. The molecule has 1 aromatic carbocycles. The molecule has 0 aromatic heterocycles. The van der Waals surface area contributed by atoms with Crippen LogP contribution in [0.25, 0.3) is 0 Å². The Hall–Kier alpha value is -2.97. The van der Waals surface area contributed by atoms with Gasteiger partial charge in [-0.25, -0.2) is 0 Å². The van der Waals surface area contributed by atoms with Crippen molar-refractivity contribution in [3.05, 3.63) is 54.6 Å². The average molecular weight is 539 g/mol. The van der Waals surface area contributed by atoms with Crippen molar-refractivity contribution < 1.29 is 29.0 Å². The van der Waals surface area contributed by atoms with Crippen molar-refractivity contribution in [1.29, 1.82) is 0 Å². The van der Waals surface area contributed by atoms with Gasteiger partial charge in [0.05, 0.1) is 24.5 Å². The maximum Gasteiger partial charge on any atom is 0.312 e. The number of unbranched alkanes of at least 4 members (excludes halogenated alkanes) is 3. The molecule has 8 heteroatoms. The standard InChI is InChI=1S/C31H42N2O6/c1-5-7-20-38-30(37)24-23-15-16-31(39-23)25(24)28(35)33(18-10-8-9-11-19-34)27(31)29(36)32(17-6-2)26-21(3)13-12-14-22(26)4/h5-6,12-14,23-25,27,34H,1-2,7-11,15-20H2,3-4H3/t23-,24+,25+,27?,31?/m1/s1. The fourth-order valence-electron chi connectivity index (χ4n) is 6.83. The number of anilines is 1. The predicted molar refractivity (Wildman–Crippen MR) is 149 cm³/mol. The summed E-state index contributed by atoms with van der Waals surface area (Å²) in [6, 6.07) is 5.06. The van der Waals surface area contributed by atoms with Crippen molar-refractivity contribution in [2.75, 3.05) is 31.2 Å². The van der Waals surface area contributed by atoms with E-state index in [1.165, 1.54) is 0 Å².